The van der Waals surface area contributed by atoms with E-state index in [-0.39, 0.29) is 0 Å². The summed E-state index contributed by atoms with van der Waals surface area (Å²) in [6.07, 6.45) is 4.54. The van der Waals surface area contributed by atoms with Crippen LogP contribution in [0.3, 0.4) is 0 Å². The van der Waals surface area contributed by atoms with E-state index >= 15 is 0 Å². The van der Waals surface area contributed by atoms with Crippen LogP contribution in [0.5, 0.6) is 0 Å². The molecule has 2 rings (SSSR count). The fourth-order valence-corrected chi connectivity index (χ4v) is 2.48. The Morgan fingerprint density at radius 2 is 2.41 bits per heavy atom. The smallest absolute Gasteiger partial charge is 0.128 e. The molecule has 1 aromatic heterocycles. The topological polar surface area (TPSA) is 28.2 Å². The van der Waals surface area contributed by atoms with Gasteiger partial charge in [0.25, 0.3) is 0 Å². The highest BCUT2D eigenvalue weighted by Gasteiger charge is 2.20. The van der Waals surface area contributed by atoms with E-state index in [9.17, 15) is 0 Å². The first-order chi connectivity index (χ1) is 8.29. The molecule has 1 aliphatic rings. The number of piperidine rings is 1. The SMILES string of the molecule is CCNCC1CCCN(c2cc(C)ccn2)C1. The van der Waals surface area contributed by atoms with Gasteiger partial charge in [-0.3, -0.25) is 0 Å². The summed E-state index contributed by atoms with van der Waals surface area (Å²) in [6.45, 7) is 8.80. The molecule has 1 aromatic rings. The summed E-state index contributed by atoms with van der Waals surface area (Å²) in [5.74, 6) is 1.91. The van der Waals surface area contributed by atoms with E-state index in [4.69, 9.17) is 0 Å². The van der Waals surface area contributed by atoms with Gasteiger partial charge < -0.3 is 10.2 Å². The molecule has 1 unspecified atom stereocenters. The van der Waals surface area contributed by atoms with Crippen molar-refractivity contribution in [3.8, 4) is 0 Å². The van der Waals surface area contributed by atoms with Crippen LogP contribution >= 0.6 is 0 Å². The van der Waals surface area contributed by atoms with Crippen molar-refractivity contribution in [1.82, 2.24) is 10.3 Å². The molecule has 1 fully saturated rings. The highest BCUT2D eigenvalue weighted by atomic mass is 15.2. The van der Waals surface area contributed by atoms with Gasteiger partial charge in [-0.05, 0) is 56.5 Å². The van der Waals surface area contributed by atoms with Crippen LogP contribution in [0, 0.1) is 12.8 Å². The van der Waals surface area contributed by atoms with Crippen LogP contribution in [0.15, 0.2) is 18.3 Å². The van der Waals surface area contributed by atoms with Crippen molar-refractivity contribution in [3.63, 3.8) is 0 Å². The Morgan fingerprint density at radius 1 is 1.53 bits per heavy atom. The van der Waals surface area contributed by atoms with Crippen molar-refractivity contribution in [2.24, 2.45) is 5.92 Å². The van der Waals surface area contributed by atoms with E-state index < -0.39 is 0 Å². The number of pyridine rings is 1. The first-order valence-electron chi connectivity index (χ1n) is 6.68. The van der Waals surface area contributed by atoms with Gasteiger partial charge in [0.15, 0.2) is 0 Å². The quantitative estimate of drug-likeness (QED) is 0.864. The number of rotatable bonds is 4. The molecule has 2 heterocycles. The minimum Gasteiger partial charge on any atom is -0.356 e. The average molecular weight is 233 g/mol. The van der Waals surface area contributed by atoms with E-state index in [2.05, 4.69) is 41.2 Å². The molecule has 1 atom stereocenters. The second-order valence-corrected chi connectivity index (χ2v) is 4.95. The van der Waals surface area contributed by atoms with Crippen molar-refractivity contribution >= 4 is 5.82 Å². The van der Waals surface area contributed by atoms with Crippen molar-refractivity contribution in [1.29, 1.82) is 0 Å². The monoisotopic (exact) mass is 233 g/mol. The van der Waals surface area contributed by atoms with E-state index in [1.54, 1.807) is 0 Å². The summed E-state index contributed by atoms with van der Waals surface area (Å²) < 4.78 is 0. The Balaban J connectivity index is 1.97. The zero-order valence-corrected chi connectivity index (χ0v) is 10.9. The summed E-state index contributed by atoms with van der Waals surface area (Å²) in [5, 5.41) is 3.45. The number of nitrogens with one attached hydrogen (secondary N) is 1. The molecule has 1 saturated heterocycles. The normalized spacial score (nSPS) is 20.6. The van der Waals surface area contributed by atoms with Crippen molar-refractivity contribution in [2.45, 2.75) is 26.7 Å². The Labute approximate surface area is 104 Å². The highest BCUT2D eigenvalue weighted by Crippen LogP contribution is 2.21. The van der Waals surface area contributed by atoms with Gasteiger partial charge in [-0.25, -0.2) is 4.98 Å². The molecule has 0 aromatic carbocycles. The largest absolute Gasteiger partial charge is 0.356 e. The standard InChI is InChI=1S/C14H23N3/c1-3-15-10-13-5-4-8-17(11-13)14-9-12(2)6-7-16-14/h6-7,9,13,15H,3-5,8,10-11H2,1-2H3. The molecular formula is C14H23N3. The maximum Gasteiger partial charge on any atom is 0.128 e. The molecule has 0 spiro atoms. The summed E-state index contributed by atoms with van der Waals surface area (Å²) >= 11 is 0. The minimum absolute atomic E-state index is 0.769. The summed E-state index contributed by atoms with van der Waals surface area (Å²) in [4.78, 5) is 6.91. The summed E-state index contributed by atoms with van der Waals surface area (Å²) in [7, 11) is 0. The lowest BCUT2D eigenvalue weighted by Gasteiger charge is -2.33. The van der Waals surface area contributed by atoms with Crippen LogP contribution in [-0.2, 0) is 0 Å². The van der Waals surface area contributed by atoms with E-state index in [1.807, 2.05) is 6.20 Å². The minimum atomic E-state index is 0.769. The molecule has 0 aliphatic carbocycles. The molecule has 3 heteroatoms. The second-order valence-electron chi connectivity index (χ2n) is 4.95. The van der Waals surface area contributed by atoms with Gasteiger partial charge in [-0.1, -0.05) is 6.92 Å². The van der Waals surface area contributed by atoms with Crippen LogP contribution in [0.25, 0.3) is 0 Å². The fraction of sp³-hybridized carbons (Fsp3) is 0.643. The van der Waals surface area contributed by atoms with Crippen LogP contribution in [0.4, 0.5) is 5.82 Å². The van der Waals surface area contributed by atoms with Crippen molar-refractivity contribution in [2.75, 3.05) is 31.1 Å². The molecule has 3 nitrogen and oxygen atoms in total. The van der Waals surface area contributed by atoms with Gasteiger partial charge in [0.05, 0.1) is 0 Å². The second kappa shape index (κ2) is 6.01. The van der Waals surface area contributed by atoms with Crippen LogP contribution in [-0.4, -0.2) is 31.2 Å². The Morgan fingerprint density at radius 3 is 3.18 bits per heavy atom. The van der Waals surface area contributed by atoms with Crippen molar-refractivity contribution < 1.29 is 0 Å². The van der Waals surface area contributed by atoms with Crippen LogP contribution in [0.1, 0.15) is 25.3 Å². The lowest BCUT2D eigenvalue weighted by atomic mass is 9.98. The van der Waals surface area contributed by atoms with Gasteiger partial charge >= 0.3 is 0 Å². The third-order valence-corrected chi connectivity index (χ3v) is 3.43. The molecule has 1 N–H and O–H groups in total. The zero-order chi connectivity index (χ0) is 12.1. The van der Waals surface area contributed by atoms with E-state index in [1.165, 1.54) is 18.4 Å². The molecule has 0 amide bonds. The fourth-order valence-electron chi connectivity index (χ4n) is 2.48. The van der Waals surface area contributed by atoms with Gasteiger partial charge in [0.2, 0.25) is 0 Å². The average Bonchev–Trinajstić information content (AvgIpc) is 2.37. The Hall–Kier alpha value is -1.09. The van der Waals surface area contributed by atoms with Gasteiger partial charge in [-0.2, -0.15) is 0 Å². The van der Waals surface area contributed by atoms with Gasteiger partial charge in [0.1, 0.15) is 5.82 Å². The maximum atomic E-state index is 4.48. The van der Waals surface area contributed by atoms with E-state index in [0.29, 0.717) is 0 Å². The predicted molar refractivity (Wildman–Crippen MR) is 72.5 cm³/mol. The summed E-state index contributed by atoms with van der Waals surface area (Å²) in [5.41, 5.74) is 1.30. The molecule has 1 aliphatic heterocycles. The first-order valence-corrected chi connectivity index (χ1v) is 6.68. The Kier molecular flexibility index (Phi) is 4.37. The molecule has 0 saturated carbocycles. The van der Waals surface area contributed by atoms with Crippen LogP contribution in [0.2, 0.25) is 0 Å². The number of hydrogen-bond donors (Lipinski definition) is 1. The summed E-state index contributed by atoms with van der Waals surface area (Å²) in [6, 6.07) is 4.25. The number of hydrogen-bond acceptors (Lipinski definition) is 3. The number of anilines is 1. The lowest BCUT2D eigenvalue weighted by molar-refractivity contribution is 0.394. The van der Waals surface area contributed by atoms with E-state index in [0.717, 1.165) is 37.9 Å². The molecule has 0 bridgehead atoms. The number of nitrogens with zero attached hydrogens (tertiary/aromatic N) is 2. The van der Waals surface area contributed by atoms with Crippen molar-refractivity contribution in [3.05, 3.63) is 23.9 Å². The molecule has 0 radical (unpaired) electrons. The molecular weight excluding hydrogens is 210 g/mol. The number of aryl methyl sites for hydroxylation is 1. The number of aromatic nitrogens is 1. The van der Waals surface area contributed by atoms with Gasteiger partial charge in [-0.15, -0.1) is 0 Å². The van der Waals surface area contributed by atoms with Gasteiger partial charge in [0, 0.05) is 19.3 Å². The third-order valence-electron chi connectivity index (χ3n) is 3.43. The Bertz CT molecular complexity index is 351. The van der Waals surface area contributed by atoms with Crippen LogP contribution < -0.4 is 10.2 Å². The maximum absolute atomic E-state index is 4.48. The molecule has 17 heavy (non-hydrogen) atoms. The predicted octanol–water partition coefficient (Wildman–Crippen LogP) is 2.22. The lowest BCUT2D eigenvalue weighted by Crippen LogP contribution is -2.40. The highest BCUT2D eigenvalue weighted by molar-refractivity contribution is 5.41. The molecule has 94 valence electrons. The third kappa shape index (κ3) is 3.43. The zero-order valence-electron chi connectivity index (χ0n) is 10.9. The first kappa shape index (κ1) is 12.4.